The fourth-order valence-corrected chi connectivity index (χ4v) is 4.19. The lowest BCUT2D eigenvalue weighted by molar-refractivity contribution is 0.0783. The number of likely N-dealkylation sites (tertiary alicyclic amines) is 1. The van der Waals surface area contributed by atoms with E-state index in [0.717, 1.165) is 22.4 Å². The first kappa shape index (κ1) is 22.3. The van der Waals surface area contributed by atoms with E-state index >= 15 is 0 Å². The van der Waals surface area contributed by atoms with Crippen molar-refractivity contribution in [3.63, 3.8) is 0 Å². The maximum absolute atomic E-state index is 13.0. The molecule has 9 heteroatoms. The van der Waals surface area contributed by atoms with Crippen LogP contribution in [0.15, 0.2) is 73.3 Å². The Kier molecular flexibility index (Phi) is 5.97. The second-order valence-corrected chi connectivity index (χ2v) is 8.57. The van der Waals surface area contributed by atoms with E-state index in [2.05, 4.69) is 20.4 Å². The van der Waals surface area contributed by atoms with Crippen LogP contribution in [-0.4, -0.2) is 55.6 Å². The number of nitrogens with zero attached hydrogens (tertiary/aromatic N) is 5. The van der Waals surface area contributed by atoms with Crippen molar-refractivity contribution >= 4 is 17.6 Å². The Morgan fingerprint density at radius 1 is 1.00 bits per heavy atom. The van der Waals surface area contributed by atoms with E-state index in [1.54, 1.807) is 40.3 Å². The van der Waals surface area contributed by atoms with Crippen LogP contribution in [0.25, 0.3) is 22.4 Å². The molecule has 4 heterocycles. The third kappa shape index (κ3) is 4.74. The number of rotatable bonds is 5. The lowest BCUT2D eigenvalue weighted by Gasteiger charge is -2.17. The van der Waals surface area contributed by atoms with E-state index in [-0.39, 0.29) is 23.7 Å². The summed E-state index contributed by atoms with van der Waals surface area (Å²) in [6.45, 7) is 0.967. The number of aryl methyl sites for hydroxylation is 1. The van der Waals surface area contributed by atoms with E-state index in [1.165, 1.54) is 0 Å². The zero-order chi connectivity index (χ0) is 24.4. The van der Waals surface area contributed by atoms with Crippen LogP contribution in [0.4, 0.5) is 5.82 Å². The molecule has 3 N–H and O–H groups in total. The molecule has 3 aromatic heterocycles. The number of nitrogens with two attached hydrogens (primary N) is 1. The molecule has 1 aliphatic heterocycles. The van der Waals surface area contributed by atoms with Crippen LogP contribution in [0.2, 0.25) is 0 Å². The van der Waals surface area contributed by atoms with E-state index in [4.69, 9.17) is 5.73 Å². The minimum absolute atomic E-state index is 0.103. The molecule has 0 aliphatic carbocycles. The van der Waals surface area contributed by atoms with E-state index < -0.39 is 0 Å². The van der Waals surface area contributed by atoms with Gasteiger partial charge in [0.25, 0.3) is 11.8 Å². The van der Waals surface area contributed by atoms with Gasteiger partial charge in [-0.2, -0.15) is 5.10 Å². The monoisotopic (exact) mass is 467 g/mol. The molecule has 1 saturated heterocycles. The quantitative estimate of drug-likeness (QED) is 0.466. The number of carbonyl (C=O) groups excluding carboxylic acids is 2. The lowest BCUT2D eigenvalue weighted by Crippen LogP contribution is -2.38. The number of carbonyl (C=O) groups is 2. The molecule has 1 fully saturated rings. The third-order valence-corrected chi connectivity index (χ3v) is 6.09. The van der Waals surface area contributed by atoms with Crippen LogP contribution < -0.4 is 11.1 Å². The normalized spacial score (nSPS) is 15.2. The van der Waals surface area contributed by atoms with Gasteiger partial charge in [0.1, 0.15) is 5.82 Å². The van der Waals surface area contributed by atoms with Gasteiger partial charge in [0.05, 0.1) is 23.0 Å². The first-order chi connectivity index (χ1) is 17.0. The molecule has 176 valence electrons. The summed E-state index contributed by atoms with van der Waals surface area (Å²) >= 11 is 0. The highest BCUT2D eigenvalue weighted by molar-refractivity contribution is 6.00. The first-order valence-corrected chi connectivity index (χ1v) is 11.3. The average molecular weight is 468 g/mol. The minimum Gasteiger partial charge on any atom is -0.383 e. The summed E-state index contributed by atoms with van der Waals surface area (Å²) < 4.78 is 1.68. The summed E-state index contributed by atoms with van der Waals surface area (Å²) in [6.07, 6.45) is 7.43. The number of aromatic nitrogens is 4. The molecular weight excluding hydrogens is 442 g/mol. The Morgan fingerprint density at radius 3 is 2.54 bits per heavy atom. The highest BCUT2D eigenvalue weighted by Gasteiger charge is 2.29. The zero-order valence-electron chi connectivity index (χ0n) is 19.3. The van der Waals surface area contributed by atoms with Gasteiger partial charge in [-0.25, -0.2) is 4.98 Å². The Morgan fingerprint density at radius 2 is 1.83 bits per heavy atom. The molecular formula is C26H25N7O2. The number of anilines is 1. The van der Waals surface area contributed by atoms with Crippen molar-refractivity contribution in [2.24, 2.45) is 7.05 Å². The minimum atomic E-state index is -0.311. The Balaban J connectivity index is 1.23. The summed E-state index contributed by atoms with van der Waals surface area (Å²) in [5.74, 6) is -0.256. The van der Waals surface area contributed by atoms with Crippen molar-refractivity contribution in [3.8, 4) is 22.4 Å². The molecule has 5 rings (SSSR count). The summed E-state index contributed by atoms with van der Waals surface area (Å²) in [7, 11) is 1.82. The number of amides is 2. The molecule has 0 spiro atoms. The van der Waals surface area contributed by atoms with Crippen LogP contribution in [0.1, 0.15) is 27.1 Å². The maximum Gasteiger partial charge on any atom is 0.255 e. The van der Waals surface area contributed by atoms with Crippen molar-refractivity contribution in [2.75, 3.05) is 18.8 Å². The number of hydrogen-bond acceptors (Lipinski definition) is 6. The molecule has 0 bridgehead atoms. The van der Waals surface area contributed by atoms with Crippen molar-refractivity contribution in [2.45, 2.75) is 12.5 Å². The molecule has 0 unspecified atom stereocenters. The fraction of sp³-hybridized carbons (Fsp3) is 0.192. The van der Waals surface area contributed by atoms with Crippen molar-refractivity contribution < 1.29 is 9.59 Å². The largest absolute Gasteiger partial charge is 0.383 e. The third-order valence-electron chi connectivity index (χ3n) is 6.09. The van der Waals surface area contributed by atoms with Crippen molar-refractivity contribution in [3.05, 3.63) is 84.4 Å². The number of benzene rings is 1. The SMILES string of the molecule is Cn1cc(-c2cnc(N)c(C(=O)N[C@@H]3CCN(C(=O)c4ccc(-c5ccccc5)nc4)C3)c2)cn1. The fourth-order valence-electron chi connectivity index (χ4n) is 4.19. The van der Waals surface area contributed by atoms with Gasteiger partial charge >= 0.3 is 0 Å². The van der Waals surface area contributed by atoms with Crippen LogP contribution in [0.3, 0.4) is 0 Å². The van der Waals surface area contributed by atoms with Crippen LogP contribution in [0.5, 0.6) is 0 Å². The van der Waals surface area contributed by atoms with E-state index in [9.17, 15) is 9.59 Å². The summed E-state index contributed by atoms with van der Waals surface area (Å²) in [6, 6.07) is 15.0. The molecule has 0 saturated carbocycles. The predicted octanol–water partition coefficient (Wildman–Crippen LogP) is 2.77. The lowest BCUT2D eigenvalue weighted by atomic mass is 10.1. The smallest absolute Gasteiger partial charge is 0.255 e. The second-order valence-electron chi connectivity index (χ2n) is 8.57. The van der Waals surface area contributed by atoms with Crippen LogP contribution >= 0.6 is 0 Å². The van der Waals surface area contributed by atoms with Gasteiger partial charge in [0, 0.05) is 61.5 Å². The Hall–Kier alpha value is -4.53. The number of hydrogen-bond donors (Lipinski definition) is 2. The number of nitrogens with one attached hydrogen (secondary N) is 1. The maximum atomic E-state index is 13.0. The van der Waals surface area contributed by atoms with Gasteiger partial charge < -0.3 is 16.0 Å². The van der Waals surface area contributed by atoms with Crippen molar-refractivity contribution in [1.29, 1.82) is 0 Å². The van der Waals surface area contributed by atoms with Crippen LogP contribution in [0, 0.1) is 0 Å². The van der Waals surface area contributed by atoms with Crippen LogP contribution in [-0.2, 0) is 7.05 Å². The highest BCUT2D eigenvalue weighted by atomic mass is 16.2. The van der Waals surface area contributed by atoms with E-state index in [1.807, 2.05) is 49.6 Å². The summed E-state index contributed by atoms with van der Waals surface area (Å²) in [5.41, 5.74) is 10.2. The molecule has 9 nitrogen and oxygen atoms in total. The van der Waals surface area contributed by atoms with Gasteiger partial charge in [0.15, 0.2) is 0 Å². The highest BCUT2D eigenvalue weighted by Crippen LogP contribution is 2.22. The molecule has 2 amide bonds. The van der Waals surface area contributed by atoms with Gasteiger partial charge in [-0.05, 0) is 24.6 Å². The topological polar surface area (TPSA) is 119 Å². The van der Waals surface area contributed by atoms with Gasteiger partial charge in [0.2, 0.25) is 0 Å². The summed E-state index contributed by atoms with van der Waals surface area (Å²) in [4.78, 5) is 36.3. The summed E-state index contributed by atoms with van der Waals surface area (Å²) in [5, 5.41) is 7.16. The predicted molar refractivity (Wildman–Crippen MR) is 132 cm³/mol. The van der Waals surface area contributed by atoms with E-state index in [0.29, 0.717) is 30.6 Å². The van der Waals surface area contributed by atoms with Gasteiger partial charge in [-0.15, -0.1) is 0 Å². The molecule has 35 heavy (non-hydrogen) atoms. The first-order valence-electron chi connectivity index (χ1n) is 11.3. The number of pyridine rings is 2. The molecule has 0 radical (unpaired) electrons. The van der Waals surface area contributed by atoms with Gasteiger partial charge in [-0.3, -0.25) is 19.3 Å². The molecule has 1 atom stereocenters. The number of nitrogen functional groups attached to an aromatic ring is 1. The Labute approximate surface area is 202 Å². The van der Waals surface area contributed by atoms with Gasteiger partial charge in [-0.1, -0.05) is 30.3 Å². The molecule has 1 aliphatic rings. The zero-order valence-corrected chi connectivity index (χ0v) is 19.3. The average Bonchev–Trinajstić information content (AvgIpc) is 3.53. The Bertz CT molecular complexity index is 1370. The molecule has 1 aromatic carbocycles. The molecule has 4 aromatic rings. The second kappa shape index (κ2) is 9.38. The van der Waals surface area contributed by atoms with Crippen molar-refractivity contribution in [1.82, 2.24) is 30.0 Å². The standard InChI is InChI=1S/C26H25N7O2/c1-32-15-20(14-30-32)19-11-22(24(27)29-13-19)25(34)31-21-9-10-33(16-21)26(35)18-7-8-23(28-12-18)17-5-3-2-4-6-17/h2-8,11-15,21H,9-10,16H2,1H3,(H2,27,29)(H,31,34)/t21-/m1/s1.